The number of nitrogens with zero attached hydrogens (tertiary/aromatic N) is 7. The maximum Gasteiger partial charge on any atom is 0.165 e. The molecule has 25 aromatic rings. The average molecular weight is 1560 g/mol. The minimum atomic E-state index is 0.707. The fourth-order valence-electron chi connectivity index (χ4n) is 19.1. The SMILES string of the molecule is Clc1ccc2c(c1)c1c3ccccc3ccc1n2-c1nc2ccccc2nc1-c1ccc(-c2ccc3ccccc3c2)cc1.c1ccc2c(c1)Cc1ccc3ccccc3c1-2.c1ccc2cc(-c3ccc(-c4nc5ccccc5nc4-n4c5ccc(-n6c7ccccc7c7c8ccccc8ccc76)cc5c5c6ccccc6ccc54)cc3)ccc2c1. The van der Waals surface area contributed by atoms with Gasteiger partial charge < -0.3 is 4.57 Å². The predicted octanol–water partition coefficient (Wildman–Crippen LogP) is 30.0. The molecule has 5 aromatic heterocycles. The zero-order chi connectivity index (χ0) is 79.8. The molecule has 121 heavy (non-hydrogen) atoms. The Hall–Kier alpha value is -15.7. The van der Waals surface area contributed by atoms with Crippen molar-refractivity contribution in [1.29, 1.82) is 0 Å². The van der Waals surface area contributed by atoms with Gasteiger partial charge in [-0.3, -0.25) is 9.13 Å². The van der Waals surface area contributed by atoms with Gasteiger partial charge >= 0.3 is 0 Å². The van der Waals surface area contributed by atoms with E-state index >= 15 is 0 Å². The molecule has 0 atom stereocenters. The fraction of sp³-hybridized carbons (Fsp3) is 0.00885. The Morgan fingerprint density at radius 2 is 0.570 bits per heavy atom. The maximum absolute atomic E-state index is 6.59. The quantitative estimate of drug-likeness (QED) is 0.159. The summed E-state index contributed by atoms with van der Waals surface area (Å²) in [6.45, 7) is 0. The van der Waals surface area contributed by atoms with Gasteiger partial charge in [0.1, 0.15) is 11.4 Å². The molecule has 0 unspecified atom stereocenters. The number of fused-ring (bicyclic) bond motifs is 24. The summed E-state index contributed by atoms with van der Waals surface area (Å²) in [4.78, 5) is 21.4. The smallest absolute Gasteiger partial charge is 0.165 e. The minimum Gasteiger partial charge on any atom is -0.309 e. The van der Waals surface area contributed by atoms with E-state index in [1.165, 1.54) is 131 Å². The Morgan fingerprint density at radius 3 is 1.10 bits per heavy atom. The first kappa shape index (κ1) is 69.6. The van der Waals surface area contributed by atoms with Gasteiger partial charge in [0.15, 0.2) is 11.6 Å². The van der Waals surface area contributed by atoms with Gasteiger partial charge in [-0.05, 0) is 213 Å². The van der Waals surface area contributed by atoms with Crippen molar-refractivity contribution in [2.45, 2.75) is 6.42 Å². The lowest BCUT2D eigenvalue weighted by Gasteiger charge is -2.15. The molecule has 0 N–H and O–H groups in total. The zero-order valence-corrected chi connectivity index (χ0v) is 66.2. The van der Waals surface area contributed by atoms with Crippen molar-refractivity contribution in [2.24, 2.45) is 0 Å². The lowest BCUT2D eigenvalue weighted by Crippen LogP contribution is -2.04. The van der Waals surface area contributed by atoms with Crippen LogP contribution in [0.25, 0.3) is 225 Å². The van der Waals surface area contributed by atoms with Gasteiger partial charge in [0.25, 0.3) is 0 Å². The van der Waals surface area contributed by atoms with E-state index in [9.17, 15) is 0 Å². The highest BCUT2D eigenvalue weighted by Crippen LogP contribution is 2.47. The van der Waals surface area contributed by atoms with Crippen molar-refractivity contribution >= 4 is 164 Å². The maximum atomic E-state index is 6.59. The largest absolute Gasteiger partial charge is 0.309 e. The number of hydrogen-bond donors (Lipinski definition) is 0. The van der Waals surface area contributed by atoms with Crippen LogP contribution < -0.4 is 0 Å². The summed E-state index contributed by atoms with van der Waals surface area (Å²) in [5, 5.41) is 22.8. The van der Waals surface area contributed by atoms with Crippen LogP contribution in [0.2, 0.25) is 5.02 Å². The second kappa shape index (κ2) is 28.3. The molecule has 5 heterocycles. The van der Waals surface area contributed by atoms with Gasteiger partial charge in [-0.15, -0.1) is 0 Å². The summed E-state index contributed by atoms with van der Waals surface area (Å²) >= 11 is 6.59. The number of para-hydroxylation sites is 5. The second-order valence-corrected chi connectivity index (χ2v) is 32.1. The topological polar surface area (TPSA) is 66.3 Å². The summed E-state index contributed by atoms with van der Waals surface area (Å²) in [6, 6.07) is 147. The normalized spacial score (nSPS) is 12.0. The van der Waals surface area contributed by atoms with Gasteiger partial charge in [-0.1, -0.05) is 327 Å². The van der Waals surface area contributed by atoms with Crippen LogP contribution in [0.3, 0.4) is 0 Å². The minimum absolute atomic E-state index is 0.707. The van der Waals surface area contributed by atoms with Crippen molar-refractivity contribution < 1.29 is 0 Å². The van der Waals surface area contributed by atoms with E-state index in [1.54, 1.807) is 0 Å². The molecule has 0 spiro atoms. The van der Waals surface area contributed by atoms with Gasteiger partial charge in [-0.25, -0.2) is 19.9 Å². The van der Waals surface area contributed by atoms with E-state index in [0.29, 0.717) is 5.02 Å². The Morgan fingerprint density at radius 1 is 0.215 bits per heavy atom. The number of benzene rings is 20. The molecule has 26 rings (SSSR count). The Kier molecular flexibility index (Phi) is 16.3. The first-order valence-electron chi connectivity index (χ1n) is 41.2. The Balaban J connectivity index is 0.000000118. The molecule has 0 fully saturated rings. The van der Waals surface area contributed by atoms with E-state index in [0.717, 1.165) is 112 Å². The van der Waals surface area contributed by atoms with Gasteiger partial charge in [0, 0.05) is 54.2 Å². The monoisotopic (exact) mass is 1560 g/mol. The highest BCUT2D eigenvalue weighted by atomic mass is 35.5. The van der Waals surface area contributed by atoms with Crippen LogP contribution in [0, 0.1) is 0 Å². The van der Waals surface area contributed by atoms with Gasteiger partial charge in [-0.2, -0.15) is 0 Å². The summed E-state index contributed by atoms with van der Waals surface area (Å²) in [6.07, 6.45) is 1.08. The van der Waals surface area contributed by atoms with E-state index in [4.69, 9.17) is 31.5 Å². The van der Waals surface area contributed by atoms with E-state index in [-0.39, 0.29) is 0 Å². The third-order valence-electron chi connectivity index (χ3n) is 24.8. The summed E-state index contributed by atoms with van der Waals surface area (Å²) in [7, 11) is 0. The second-order valence-electron chi connectivity index (χ2n) is 31.6. The van der Waals surface area contributed by atoms with Crippen LogP contribution in [0.15, 0.2) is 413 Å². The van der Waals surface area contributed by atoms with Gasteiger partial charge in [0.2, 0.25) is 0 Å². The number of hydrogen-bond acceptors (Lipinski definition) is 4. The summed E-state index contributed by atoms with van der Waals surface area (Å²) in [5.41, 5.74) is 25.4. The Bertz CT molecular complexity index is 8590. The molecule has 8 heteroatoms. The van der Waals surface area contributed by atoms with Crippen molar-refractivity contribution in [3.05, 3.63) is 429 Å². The summed E-state index contributed by atoms with van der Waals surface area (Å²) in [5.74, 6) is 1.60. The van der Waals surface area contributed by atoms with Crippen LogP contribution in [0.1, 0.15) is 11.1 Å². The molecular formula is C113H70ClN7. The number of halogens is 1. The van der Waals surface area contributed by atoms with Gasteiger partial charge in [0.05, 0.1) is 55.2 Å². The molecule has 20 aromatic carbocycles. The van der Waals surface area contributed by atoms with Crippen LogP contribution in [0.5, 0.6) is 0 Å². The van der Waals surface area contributed by atoms with Crippen LogP contribution in [-0.2, 0) is 6.42 Å². The van der Waals surface area contributed by atoms with Crippen molar-refractivity contribution in [1.82, 2.24) is 33.6 Å². The van der Waals surface area contributed by atoms with E-state index in [2.05, 4.69) is 384 Å². The van der Waals surface area contributed by atoms with E-state index < -0.39 is 0 Å². The molecule has 1 aliphatic rings. The van der Waals surface area contributed by atoms with E-state index in [1.807, 2.05) is 42.5 Å². The van der Waals surface area contributed by atoms with Crippen LogP contribution >= 0.6 is 11.6 Å². The molecular weight excluding hydrogens is 1490 g/mol. The first-order valence-corrected chi connectivity index (χ1v) is 41.6. The van der Waals surface area contributed by atoms with Crippen molar-refractivity contribution in [3.8, 4) is 73.2 Å². The molecule has 0 aliphatic heterocycles. The first-order chi connectivity index (χ1) is 59.9. The fourth-order valence-corrected chi connectivity index (χ4v) is 19.3. The lowest BCUT2D eigenvalue weighted by atomic mass is 9.98. The lowest BCUT2D eigenvalue weighted by molar-refractivity contribution is 1.08. The van der Waals surface area contributed by atoms with Crippen LogP contribution in [-0.4, -0.2) is 33.6 Å². The molecule has 0 saturated carbocycles. The number of rotatable bonds is 7. The zero-order valence-electron chi connectivity index (χ0n) is 65.5. The molecule has 0 bridgehead atoms. The highest BCUT2D eigenvalue weighted by Gasteiger charge is 2.26. The molecule has 0 radical (unpaired) electrons. The van der Waals surface area contributed by atoms with Crippen molar-refractivity contribution in [3.63, 3.8) is 0 Å². The molecule has 1 aliphatic carbocycles. The molecule has 564 valence electrons. The standard InChI is InChI=1S/C56H34N4.C40H24ClN3.C17H12/c1-2-14-40-33-41(26-23-35(40)11-1)36-21-24-39(25-22-36)55-56(58-48-19-9-8-18-47(48)57-55)60-50-32-29-42(34-46(50)54-44-16-6-4-13-38(44)28-31-52(54)60)59-49-20-10-7-17-45(49)53-43-15-5-3-12-37(43)27-30-51(53)59;41-31-20-22-36-33(24-31)38-32-10-4-3-8-27(32)19-21-37(38)44(36)40-39(42-34-11-5-6-12-35(34)43-40)28-16-13-26(14-17-28)30-18-15-25-7-1-2-9-29(25)23-30;1-3-7-15-12(5-1)9-10-14-11-13-6-2-4-8-16(13)17(14)15/h1-34H;1-24H;1-10H,11H2. The Labute approximate surface area is 700 Å². The molecule has 7 nitrogen and oxygen atoms in total. The molecule has 0 amide bonds. The number of aromatic nitrogens is 7. The average Bonchev–Trinajstić information content (AvgIpc) is 1.57. The predicted molar refractivity (Wildman–Crippen MR) is 509 cm³/mol. The summed E-state index contributed by atoms with van der Waals surface area (Å²) < 4.78 is 7.02. The van der Waals surface area contributed by atoms with Crippen LogP contribution in [0.4, 0.5) is 0 Å². The third kappa shape index (κ3) is 11.6. The highest BCUT2D eigenvalue weighted by molar-refractivity contribution is 6.33. The third-order valence-corrected chi connectivity index (χ3v) is 25.0. The molecule has 0 saturated heterocycles. The van der Waals surface area contributed by atoms with Crippen molar-refractivity contribution in [2.75, 3.05) is 0 Å².